The van der Waals surface area contributed by atoms with Crippen LogP contribution in [-0.2, 0) is 9.59 Å². The third kappa shape index (κ3) is 2.00. The molecule has 0 bridgehead atoms. The molecule has 5 nitrogen and oxygen atoms in total. The molecule has 0 fully saturated rings. The summed E-state index contributed by atoms with van der Waals surface area (Å²) in [4.78, 5) is 22.4. The number of hydrogen-bond acceptors (Lipinski definition) is 2. The van der Waals surface area contributed by atoms with Crippen LogP contribution >= 0.6 is 0 Å². The van der Waals surface area contributed by atoms with Crippen molar-refractivity contribution in [2.24, 2.45) is 0 Å². The van der Waals surface area contributed by atoms with Gasteiger partial charge in [-0.1, -0.05) is 30.3 Å². The number of carboxylic acids is 2. The maximum atomic E-state index is 11.2. The molecular formula is C13H14NO4+. The van der Waals surface area contributed by atoms with Gasteiger partial charge in [-0.3, -0.25) is 0 Å². The Morgan fingerprint density at radius 1 is 1.22 bits per heavy atom. The molecule has 1 aromatic rings. The largest absolute Gasteiger partial charge is 0.478 e. The topological polar surface area (TPSA) is 102 Å². The summed E-state index contributed by atoms with van der Waals surface area (Å²) in [6.45, 7) is 0. The molecule has 18 heavy (non-hydrogen) atoms. The van der Waals surface area contributed by atoms with E-state index in [4.69, 9.17) is 10.2 Å². The van der Waals surface area contributed by atoms with Crippen LogP contribution < -0.4 is 5.73 Å². The SMILES string of the molecule is [NH3+][C@]1(C(=O)O)C=C(C(=O)O)[C@H](c2ccccc2)C1. The van der Waals surface area contributed by atoms with Gasteiger partial charge in [-0.15, -0.1) is 0 Å². The predicted octanol–water partition coefficient (Wildman–Crippen LogP) is 0.250. The summed E-state index contributed by atoms with van der Waals surface area (Å²) in [6, 6.07) is 9.04. The monoisotopic (exact) mass is 248 g/mol. The summed E-state index contributed by atoms with van der Waals surface area (Å²) in [5.41, 5.74) is 3.20. The summed E-state index contributed by atoms with van der Waals surface area (Å²) in [5, 5.41) is 18.3. The Labute approximate surface area is 104 Å². The van der Waals surface area contributed by atoms with Gasteiger partial charge in [-0.05, 0) is 11.6 Å². The van der Waals surface area contributed by atoms with E-state index in [-0.39, 0.29) is 12.0 Å². The van der Waals surface area contributed by atoms with Crippen LogP contribution in [-0.4, -0.2) is 27.7 Å². The molecule has 0 amide bonds. The Kier molecular flexibility index (Phi) is 2.92. The molecule has 0 unspecified atom stereocenters. The van der Waals surface area contributed by atoms with E-state index in [9.17, 15) is 9.59 Å². The van der Waals surface area contributed by atoms with Crippen molar-refractivity contribution in [3.63, 3.8) is 0 Å². The van der Waals surface area contributed by atoms with Crippen LogP contribution in [0.25, 0.3) is 0 Å². The van der Waals surface area contributed by atoms with Crippen LogP contribution in [0.4, 0.5) is 0 Å². The molecular weight excluding hydrogens is 234 g/mol. The molecule has 0 radical (unpaired) electrons. The van der Waals surface area contributed by atoms with Gasteiger partial charge < -0.3 is 15.9 Å². The number of aliphatic carboxylic acids is 2. The van der Waals surface area contributed by atoms with Gasteiger partial charge in [0.1, 0.15) is 0 Å². The van der Waals surface area contributed by atoms with Gasteiger partial charge in [0, 0.05) is 17.9 Å². The molecule has 0 aliphatic heterocycles. The van der Waals surface area contributed by atoms with Gasteiger partial charge in [0.15, 0.2) is 0 Å². The highest BCUT2D eigenvalue weighted by molar-refractivity contribution is 5.93. The molecule has 1 aromatic carbocycles. The van der Waals surface area contributed by atoms with E-state index in [2.05, 4.69) is 5.73 Å². The molecule has 0 spiro atoms. The predicted molar refractivity (Wildman–Crippen MR) is 62.8 cm³/mol. The molecule has 0 heterocycles. The standard InChI is InChI=1S/C13H13NO4/c14-13(12(17)18)6-9(10(7-13)11(15)16)8-4-2-1-3-5-8/h1-5,7,9H,6,14H2,(H,15,16)(H,17,18)/p+1/t9-,13-/m0/s1. The number of benzene rings is 1. The molecule has 2 rings (SSSR count). The van der Waals surface area contributed by atoms with E-state index in [0.717, 1.165) is 5.56 Å². The third-order valence-corrected chi connectivity index (χ3v) is 3.25. The molecule has 94 valence electrons. The fourth-order valence-corrected chi connectivity index (χ4v) is 2.27. The highest BCUT2D eigenvalue weighted by atomic mass is 16.4. The minimum absolute atomic E-state index is 0.110. The summed E-state index contributed by atoms with van der Waals surface area (Å²) in [7, 11) is 0. The molecule has 5 N–H and O–H groups in total. The van der Waals surface area contributed by atoms with E-state index < -0.39 is 23.4 Å². The number of carboxylic acid groups (broad SMARTS) is 2. The number of hydrogen-bond donors (Lipinski definition) is 3. The first-order valence-electron chi connectivity index (χ1n) is 5.54. The zero-order chi connectivity index (χ0) is 13.3. The summed E-state index contributed by atoms with van der Waals surface area (Å²) in [6.07, 6.45) is 1.43. The average molecular weight is 248 g/mol. The van der Waals surface area contributed by atoms with Crippen molar-refractivity contribution in [3.8, 4) is 0 Å². The molecule has 5 heteroatoms. The van der Waals surface area contributed by atoms with E-state index in [1.165, 1.54) is 6.08 Å². The van der Waals surface area contributed by atoms with E-state index in [1.54, 1.807) is 24.3 Å². The zero-order valence-electron chi connectivity index (χ0n) is 9.67. The first-order valence-corrected chi connectivity index (χ1v) is 5.54. The smallest absolute Gasteiger partial charge is 0.369 e. The first-order chi connectivity index (χ1) is 8.44. The lowest BCUT2D eigenvalue weighted by Crippen LogP contribution is -2.75. The Morgan fingerprint density at radius 3 is 2.33 bits per heavy atom. The van der Waals surface area contributed by atoms with Crippen molar-refractivity contribution in [1.29, 1.82) is 0 Å². The first kappa shape index (κ1) is 12.3. The second kappa shape index (κ2) is 4.27. The second-order valence-corrected chi connectivity index (χ2v) is 4.53. The lowest BCUT2D eigenvalue weighted by molar-refractivity contribution is -0.444. The molecule has 0 aromatic heterocycles. The minimum atomic E-state index is -1.35. The Bertz CT molecular complexity index is 523. The van der Waals surface area contributed by atoms with Gasteiger partial charge >= 0.3 is 11.9 Å². The summed E-state index contributed by atoms with van der Waals surface area (Å²) < 4.78 is 0. The normalized spacial score (nSPS) is 26.7. The quantitative estimate of drug-likeness (QED) is 0.713. The van der Waals surface area contributed by atoms with Crippen molar-refractivity contribution in [2.45, 2.75) is 17.9 Å². The van der Waals surface area contributed by atoms with Crippen molar-refractivity contribution in [2.75, 3.05) is 0 Å². The Hall–Kier alpha value is -2.14. The molecule has 1 aliphatic rings. The van der Waals surface area contributed by atoms with Gasteiger partial charge in [-0.25, -0.2) is 9.59 Å². The van der Waals surface area contributed by atoms with E-state index >= 15 is 0 Å². The molecule has 0 saturated heterocycles. The lowest BCUT2D eigenvalue weighted by Gasteiger charge is -2.15. The lowest BCUT2D eigenvalue weighted by atomic mass is 9.89. The number of rotatable bonds is 3. The van der Waals surface area contributed by atoms with Crippen LogP contribution in [0.5, 0.6) is 0 Å². The van der Waals surface area contributed by atoms with Crippen molar-refractivity contribution < 1.29 is 25.5 Å². The van der Waals surface area contributed by atoms with E-state index in [1.807, 2.05) is 6.07 Å². The highest BCUT2D eigenvalue weighted by Crippen LogP contribution is 2.38. The van der Waals surface area contributed by atoms with Gasteiger partial charge in [0.25, 0.3) is 0 Å². The average Bonchev–Trinajstić information content (AvgIpc) is 2.70. The van der Waals surface area contributed by atoms with Gasteiger partial charge in [0.05, 0.1) is 0 Å². The second-order valence-electron chi connectivity index (χ2n) is 4.53. The number of carbonyl (C=O) groups is 2. The number of quaternary nitrogens is 1. The minimum Gasteiger partial charge on any atom is -0.478 e. The van der Waals surface area contributed by atoms with Crippen LogP contribution in [0.3, 0.4) is 0 Å². The van der Waals surface area contributed by atoms with E-state index in [0.29, 0.717) is 0 Å². The van der Waals surface area contributed by atoms with Crippen LogP contribution in [0.1, 0.15) is 17.9 Å². The van der Waals surface area contributed by atoms with Crippen LogP contribution in [0.15, 0.2) is 42.0 Å². The Balaban J connectivity index is 2.43. The third-order valence-electron chi connectivity index (χ3n) is 3.25. The van der Waals surface area contributed by atoms with Gasteiger partial charge in [-0.2, -0.15) is 0 Å². The van der Waals surface area contributed by atoms with Crippen molar-refractivity contribution >= 4 is 11.9 Å². The Morgan fingerprint density at radius 2 is 1.83 bits per heavy atom. The van der Waals surface area contributed by atoms with Gasteiger partial charge in [0.2, 0.25) is 5.54 Å². The highest BCUT2D eigenvalue weighted by Gasteiger charge is 2.47. The van der Waals surface area contributed by atoms with Crippen molar-refractivity contribution in [1.82, 2.24) is 0 Å². The van der Waals surface area contributed by atoms with Crippen LogP contribution in [0.2, 0.25) is 0 Å². The fourth-order valence-electron chi connectivity index (χ4n) is 2.27. The van der Waals surface area contributed by atoms with Crippen molar-refractivity contribution in [3.05, 3.63) is 47.5 Å². The molecule has 2 atom stereocenters. The molecule has 1 aliphatic carbocycles. The zero-order valence-corrected chi connectivity index (χ0v) is 9.67. The maximum absolute atomic E-state index is 11.2. The maximum Gasteiger partial charge on any atom is 0.369 e. The summed E-state index contributed by atoms with van der Waals surface area (Å²) in [5.74, 6) is -2.60. The molecule has 0 saturated carbocycles. The fraction of sp³-hybridized carbons (Fsp3) is 0.231. The van der Waals surface area contributed by atoms with Crippen LogP contribution in [0, 0.1) is 0 Å². The summed E-state index contributed by atoms with van der Waals surface area (Å²) >= 11 is 0.